The Morgan fingerprint density at radius 3 is 2.40 bits per heavy atom. The highest BCUT2D eigenvalue weighted by molar-refractivity contribution is 7.99. The Morgan fingerprint density at radius 2 is 1.85 bits per heavy atom. The van der Waals surface area contributed by atoms with Crippen molar-refractivity contribution < 1.29 is 29.0 Å². The molecule has 0 rings (SSSR count). The van der Waals surface area contributed by atoms with E-state index in [1.165, 1.54) is 18.7 Å². The van der Waals surface area contributed by atoms with E-state index in [0.717, 1.165) is 0 Å². The zero-order chi connectivity index (χ0) is 15.5. The van der Waals surface area contributed by atoms with Crippen LogP contribution < -0.4 is 0 Å². The van der Waals surface area contributed by atoms with Crippen molar-refractivity contribution in [1.29, 1.82) is 0 Å². The van der Waals surface area contributed by atoms with E-state index < -0.39 is 11.9 Å². The summed E-state index contributed by atoms with van der Waals surface area (Å²) in [5.41, 5.74) is 0.291. The molecule has 1 unspecified atom stereocenters. The number of aliphatic carboxylic acids is 1. The molecule has 0 aromatic carbocycles. The number of thioether (sulfide) groups is 1. The molecule has 0 spiro atoms. The van der Waals surface area contributed by atoms with Crippen LogP contribution in [0.25, 0.3) is 0 Å². The van der Waals surface area contributed by atoms with Gasteiger partial charge in [0.25, 0.3) is 0 Å². The fourth-order valence-corrected chi connectivity index (χ4v) is 2.00. The van der Waals surface area contributed by atoms with E-state index in [2.05, 4.69) is 6.58 Å². The van der Waals surface area contributed by atoms with Gasteiger partial charge < -0.3 is 14.6 Å². The summed E-state index contributed by atoms with van der Waals surface area (Å²) in [6.07, 6.45) is 0.0727. The van der Waals surface area contributed by atoms with Crippen LogP contribution in [0.15, 0.2) is 12.2 Å². The quantitative estimate of drug-likeness (QED) is 0.371. The molecule has 0 aliphatic carbocycles. The molecule has 0 aromatic heterocycles. The van der Waals surface area contributed by atoms with Crippen molar-refractivity contribution >= 4 is 29.7 Å². The molecule has 0 fully saturated rings. The van der Waals surface area contributed by atoms with Crippen LogP contribution in [-0.4, -0.2) is 47.7 Å². The smallest absolute Gasteiger partial charge is 0.333 e. The van der Waals surface area contributed by atoms with E-state index >= 15 is 0 Å². The largest absolute Gasteiger partial charge is 0.481 e. The molecule has 6 nitrogen and oxygen atoms in total. The van der Waals surface area contributed by atoms with Crippen LogP contribution in [-0.2, 0) is 23.9 Å². The summed E-state index contributed by atoms with van der Waals surface area (Å²) in [5, 5.41) is 8.46. The van der Waals surface area contributed by atoms with Crippen molar-refractivity contribution in [2.24, 2.45) is 5.92 Å². The lowest BCUT2D eigenvalue weighted by molar-refractivity contribution is -0.152. The van der Waals surface area contributed by atoms with Crippen molar-refractivity contribution in [3.63, 3.8) is 0 Å². The van der Waals surface area contributed by atoms with Crippen molar-refractivity contribution in [3.05, 3.63) is 12.2 Å². The van der Waals surface area contributed by atoms with Gasteiger partial charge in [-0.25, -0.2) is 4.79 Å². The fourth-order valence-electron chi connectivity index (χ4n) is 1.03. The van der Waals surface area contributed by atoms with E-state index in [1.54, 1.807) is 6.92 Å². The average molecular weight is 304 g/mol. The number of hydrogen-bond donors (Lipinski definition) is 1. The number of carboxylic acid groups (broad SMARTS) is 1. The zero-order valence-corrected chi connectivity index (χ0v) is 12.5. The molecule has 1 N–H and O–H groups in total. The van der Waals surface area contributed by atoms with Crippen LogP contribution in [0.3, 0.4) is 0 Å². The van der Waals surface area contributed by atoms with E-state index in [0.29, 0.717) is 17.1 Å². The number of carbonyl (C=O) groups is 3. The standard InChI is InChI=1S/C13H20O6S/c1-9(2)12(16)18-5-6-19-13(17)10(3)8-20-7-4-11(14)15/h10H,1,4-8H2,2-3H3,(H,14,15). The molecular formula is C13H20O6S. The van der Waals surface area contributed by atoms with Gasteiger partial charge in [-0.3, -0.25) is 9.59 Å². The summed E-state index contributed by atoms with van der Waals surface area (Å²) in [4.78, 5) is 32.9. The van der Waals surface area contributed by atoms with Gasteiger partial charge in [0.05, 0.1) is 12.3 Å². The molecule has 0 saturated heterocycles. The van der Waals surface area contributed by atoms with Gasteiger partial charge in [-0.15, -0.1) is 0 Å². The molecule has 1 atom stereocenters. The van der Waals surface area contributed by atoms with E-state index in [4.69, 9.17) is 14.6 Å². The number of carbonyl (C=O) groups excluding carboxylic acids is 2. The summed E-state index contributed by atoms with van der Waals surface area (Å²) in [6.45, 7) is 6.66. The number of hydrogen-bond acceptors (Lipinski definition) is 6. The Bertz CT molecular complexity index is 366. The Kier molecular flexibility index (Phi) is 9.53. The number of esters is 2. The molecule has 0 bridgehead atoms. The highest BCUT2D eigenvalue weighted by Crippen LogP contribution is 2.11. The molecule has 20 heavy (non-hydrogen) atoms. The number of ether oxygens (including phenoxy) is 2. The predicted octanol–water partition coefficient (Wildman–Crippen LogP) is 1.49. The molecule has 0 radical (unpaired) electrons. The predicted molar refractivity (Wildman–Crippen MR) is 75.5 cm³/mol. The average Bonchev–Trinajstić information content (AvgIpc) is 2.38. The normalized spacial score (nSPS) is 11.5. The van der Waals surface area contributed by atoms with Crippen molar-refractivity contribution in [2.75, 3.05) is 24.7 Å². The molecule has 114 valence electrons. The third-order valence-electron chi connectivity index (χ3n) is 2.14. The van der Waals surface area contributed by atoms with E-state index in [9.17, 15) is 14.4 Å². The van der Waals surface area contributed by atoms with Crippen LogP contribution in [0, 0.1) is 5.92 Å². The van der Waals surface area contributed by atoms with E-state index in [-0.39, 0.29) is 31.5 Å². The monoisotopic (exact) mass is 304 g/mol. The zero-order valence-electron chi connectivity index (χ0n) is 11.7. The minimum absolute atomic E-state index is 0.00197. The van der Waals surface area contributed by atoms with Crippen molar-refractivity contribution in [3.8, 4) is 0 Å². The first-order valence-corrected chi connectivity index (χ1v) is 7.29. The van der Waals surface area contributed by atoms with Crippen molar-refractivity contribution in [1.82, 2.24) is 0 Å². The minimum atomic E-state index is -0.855. The maximum absolute atomic E-state index is 11.5. The van der Waals surface area contributed by atoms with Gasteiger partial charge in [-0.1, -0.05) is 13.5 Å². The molecule has 0 aliphatic heterocycles. The molecule has 0 saturated carbocycles. The summed E-state index contributed by atoms with van der Waals surface area (Å²) in [7, 11) is 0. The maximum atomic E-state index is 11.5. The van der Waals surface area contributed by atoms with Crippen molar-refractivity contribution in [2.45, 2.75) is 20.3 Å². The molecule has 0 aliphatic rings. The lowest BCUT2D eigenvalue weighted by atomic mass is 10.2. The first-order chi connectivity index (χ1) is 9.34. The van der Waals surface area contributed by atoms with Gasteiger partial charge in [-0.2, -0.15) is 11.8 Å². The Morgan fingerprint density at radius 1 is 1.25 bits per heavy atom. The van der Waals surface area contributed by atoms with Gasteiger partial charge in [0.1, 0.15) is 13.2 Å². The lowest BCUT2D eigenvalue weighted by Gasteiger charge is -2.11. The topological polar surface area (TPSA) is 89.9 Å². The van der Waals surface area contributed by atoms with Crippen LogP contribution in [0.5, 0.6) is 0 Å². The summed E-state index contributed by atoms with van der Waals surface area (Å²) < 4.78 is 9.71. The SMILES string of the molecule is C=C(C)C(=O)OCCOC(=O)C(C)CSCCC(=O)O. The number of carboxylic acids is 1. The third-order valence-corrected chi connectivity index (χ3v) is 3.37. The molecule has 7 heteroatoms. The second-order valence-corrected chi connectivity index (χ2v) is 5.35. The first kappa shape index (κ1) is 18.5. The molecule has 0 aromatic rings. The Balaban J connectivity index is 3.67. The summed E-state index contributed by atoms with van der Waals surface area (Å²) in [6, 6.07) is 0. The fraction of sp³-hybridized carbons (Fsp3) is 0.615. The van der Waals surface area contributed by atoms with Crippen LogP contribution in [0.2, 0.25) is 0 Å². The van der Waals surface area contributed by atoms with Gasteiger partial charge in [0, 0.05) is 17.1 Å². The first-order valence-electron chi connectivity index (χ1n) is 6.13. The van der Waals surface area contributed by atoms with E-state index in [1.807, 2.05) is 0 Å². The van der Waals surface area contributed by atoms with Gasteiger partial charge in [0.2, 0.25) is 0 Å². The van der Waals surface area contributed by atoms with Crippen LogP contribution in [0.4, 0.5) is 0 Å². The second-order valence-electron chi connectivity index (χ2n) is 4.20. The maximum Gasteiger partial charge on any atom is 0.333 e. The highest BCUT2D eigenvalue weighted by Gasteiger charge is 2.14. The minimum Gasteiger partial charge on any atom is -0.481 e. The number of rotatable bonds is 10. The summed E-state index contributed by atoms with van der Waals surface area (Å²) in [5.74, 6) is -1.13. The van der Waals surface area contributed by atoms with Gasteiger partial charge >= 0.3 is 17.9 Å². The second kappa shape index (κ2) is 10.3. The van der Waals surface area contributed by atoms with Crippen LogP contribution in [0.1, 0.15) is 20.3 Å². The third kappa shape index (κ3) is 9.43. The van der Waals surface area contributed by atoms with Gasteiger partial charge in [0.15, 0.2) is 0 Å². The Labute approximate surface area is 122 Å². The molecule has 0 amide bonds. The lowest BCUT2D eigenvalue weighted by Crippen LogP contribution is -2.20. The van der Waals surface area contributed by atoms with Gasteiger partial charge in [-0.05, 0) is 6.92 Å². The highest BCUT2D eigenvalue weighted by atomic mass is 32.2. The Hall–Kier alpha value is -1.50. The molecular weight excluding hydrogens is 284 g/mol. The molecule has 0 heterocycles. The summed E-state index contributed by atoms with van der Waals surface area (Å²) >= 11 is 1.39. The van der Waals surface area contributed by atoms with Crippen LogP contribution >= 0.6 is 11.8 Å².